The topological polar surface area (TPSA) is 75.4 Å². The van der Waals surface area contributed by atoms with Gasteiger partial charge in [0.25, 0.3) is 0 Å². The zero-order valence-electron chi connectivity index (χ0n) is 14.3. The molecule has 2 aliphatic carbocycles. The highest BCUT2D eigenvalue weighted by atomic mass is 16.2. The lowest BCUT2D eigenvalue weighted by Gasteiger charge is -2.36. The minimum Gasteiger partial charge on any atom is -0.356 e. The lowest BCUT2D eigenvalue weighted by molar-refractivity contribution is -0.141. The van der Waals surface area contributed by atoms with Crippen LogP contribution in [-0.4, -0.2) is 42.4 Å². The summed E-state index contributed by atoms with van der Waals surface area (Å²) in [6, 6.07) is 0.0660. The van der Waals surface area contributed by atoms with Crippen molar-refractivity contribution in [2.24, 2.45) is 29.4 Å². The number of nitrogens with zero attached hydrogens (tertiary/aromatic N) is 1. The Kier molecular flexibility index (Phi) is 5.24. The highest BCUT2D eigenvalue weighted by Gasteiger charge is 2.50. The molecule has 1 saturated heterocycles. The summed E-state index contributed by atoms with van der Waals surface area (Å²) in [5.74, 6) is 1.62. The van der Waals surface area contributed by atoms with Gasteiger partial charge in [-0.15, -0.1) is 0 Å². The first kappa shape index (κ1) is 16.7. The first-order chi connectivity index (χ1) is 11.1. The second-order valence-corrected chi connectivity index (χ2v) is 7.68. The number of likely N-dealkylation sites (tertiary alicyclic amines) is 1. The number of carbonyl (C=O) groups excluding carboxylic acids is 2. The van der Waals surface area contributed by atoms with Gasteiger partial charge in [0, 0.05) is 31.6 Å². The Bertz CT molecular complexity index is 444. The van der Waals surface area contributed by atoms with E-state index in [1.807, 2.05) is 4.90 Å². The monoisotopic (exact) mass is 321 g/mol. The van der Waals surface area contributed by atoms with Crippen molar-refractivity contribution in [2.45, 2.75) is 57.9 Å². The molecule has 0 aromatic carbocycles. The van der Waals surface area contributed by atoms with Gasteiger partial charge in [-0.1, -0.05) is 13.3 Å². The van der Waals surface area contributed by atoms with Crippen LogP contribution in [0, 0.1) is 23.7 Å². The van der Waals surface area contributed by atoms with Gasteiger partial charge in [0.05, 0.1) is 5.92 Å². The molecule has 23 heavy (non-hydrogen) atoms. The number of amides is 2. The molecule has 5 heteroatoms. The van der Waals surface area contributed by atoms with E-state index in [0.29, 0.717) is 24.9 Å². The number of carbonyl (C=O) groups is 2. The Hall–Kier alpha value is -1.10. The van der Waals surface area contributed by atoms with Gasteiger partial charge < -0.3 is 16.0 Å². The molecule has 1 aliphatic heterocycles. The van der Waals surface area contributed by atoms with Crippen molar-refractivity contribution in [1.82, 2.24) is 10.2 Å². The first-order valence-electron chi connectivity index (χ1n) is 9.44. The SMILES string of the molecule is CCCCNC(=O)C1CCN(C(=O)C2C3CCC(C3)C2N)CC1. The molecule has 130 valence electrons. The van der Waals surface area contributed by atoms with E-state index in [2.05, 4.69) is 12.2 Å². The lowest BCUT2D eigenvalue weighted by atomic mass is 9.83. The molecule has 3 aliphatic rings. The molecule has 0 aromatic rings. The third kappa shape index (κ3) is 3.39. The zero-order chi connectivity index (χ0) is 16.4. The van der Waals surface area contributed by atoms with Crippen molar-refractivity contribution in [1.29, 1.82) is 0 Å². The van der Waals surface area contributed by atoms with E-state index in [-0.39, 0.29) is 29.7 Å². The van der Waals surface area contributed by atoms with Crippen LogP contribution in [0.25, 0.3) is 0 Å². The van der Waals surface area contributed by atoms with E-state index in [1.165, 1.54) is 12.8 Å². The number of rotatable bonds is 5. The predicted octanol–water partition coefficient (Wildman–Crippen LogP) is 1.51. The van der Waals surface area contributed by atoms with Gasteiger partial charge in [-0.05, 0) is 50.4 Å². The maximum Gasteiger partial charge on any atom is 0.227 e. The second-order valence-electron chi connectivity index (χ2n) is 7.68. The number of hydrogen-bond donors (Lipinski definition) is 2. The average Bonchev–Trinajstić information content (AvgIpc) is 3.15. The minimum absolute atomic E-state index is 0.0451. The van der Waals surface area contributed by atoms with Crippen molar-refractivity contribution in [3.05, 3.63) is 0 Å². The Morgan fingerprint density at radius 2 is 1.83 bits per heavy atom. The maximum absolute atomic E-state index is 12.8. The molecular weight excluding hydrogens is 290 g/mol. The quantitative estimate of drug-likeness (QED) is 0.754. The summed E-state index contributed by atoms with van der Waals surface area (Å²) in [7, 11) is 0. The highest BCUT2D eigenvalue weighted by molar-refractivity contribution is 5.82. The van der Waals surface area contributed by atoms with Gasteiger partial charge >= 0.3 is 0 Å². The van der Waals surface area contributed by atoms with Gasteiger partial charge in [0.2, 0.25) is 11.8 Å². The minimum atomic E-state index is 0.0451. The number of unbranched alkanes of at least 4 members (excludes halogenated alkanes) is 1. The van der Waals surface area contributed by atoms with E-state index in [1.54, 1.807) is 0 Å². The smallest absolute Gasteiger partial charge is 0.227 e. The molecule has 3 N–H and O–H groups in total. The molecule has 0 spiro atoms. The lowest BCUT2D eigenvalue weighted by Crippen LogP contribution is -2.50. The predicted molar refractivity (Wildman–Crippen MR) is 89.5 cm³/mol. The molecule has 3 fully saturated rings. The number of piperidine rings is 1. The van der Waals surface area contributed by atoms with Crippen LogP contribution >= 0.6 is 0 Å². The number of hydrogen-bond acceptors (Lipinski definition) is 3. The van der Waals surface area contributed by atoms with Crippen molar-refractivity contribution in [3.8, 4) is 0 Å². The molecule has 2 saturated carbocycles. The van der Waals surface area contributed by atoms with E-state index in [0.717, 1.165) is 38.6 Å². The summed E-state index contributed by atoms with van der Waals surface area (Å²) in [6.07, 6.45) is 7.23. The van der Waals surface area contributed by atoms with Crippen LogP contribution in [0.4, 0.5) is 0 Å². The van der Waals surface area contributed by atoms with Crippen LogP contribution in [0.3, 0.4) is 0 Å². The third-order valence-electron chi connectivity index (χ3n) is 6.27. The summed E-state index contributed by atoms with van der Waals surface area (Å²) in [4.78, 5) is 26.9. The fourth-order valence-corrected chi connectivity index (χ4v) is 4.81. The Balaban J connectivity index is 1.47. The summed E-state index contributed by atoms with van der Waals surface area (Å²) in [5.41, 5.74) is 6.30. The van der Waals surface area contributed by atoms with E-state index in [9.17, 15) is 9.59 Å². The molecule has 1 heterocycles. The van der Waals surface area contributed by atoms with E-state index >= 15 is 0 Å². The van der Waals surface area contributed by atoms with Gasteiger partial charge in [-0.25, -0.2) is 0 Å². The molecule has 4 atom stereocenters. The van der Waals surface area contributed by atoms with Crippen LogP contribution in [-0.2, 0) is 9.59 Å². The third-order valence-corrected chi connectivity index (χ3v) is 6.27. The van der Waals surface area contributed by atoms with Crippen LogP contribution in [0.5, 0.6) is 0 Å². The van der Waals surface area contributed by atoms with Gasteiger partial charge in [0.15, 0.2) is 0 Å². The number of fused-ring (bicyclic) bond motifs is 2. The standard InChI is InChI=1S/C18H31N3O2/c1-2-3-8-20-17(22)12-6-9-21(10-7-12)18(23)15-13-4-5-14(11-13)16(15)19/h12-16H,2-11,19H2,1H3,(H,20,22). The maximum atomic E-state index is 12.8. The zero-order valence-corrected chi connectivity index (χ0v) is 14.3. The summed E-state index contributed by atoms with van der Waals surface area (Å²) in [5, 5.41) is 3.02. The number of nitrogens with two attached hydrogens (primary N) is 1. The first-order valence-corrected chi connectivity index (χ1v) is 9.44. The van der Waals surface area contributed by atoms with Crippen molar-refractivity contribution >= 4 is 11.8 Å². The molecule has 2 bridgehead atoms. The van der Waals surface area contributed by atoms with Crippen LogP contribution in [0.1, 0.15) is 51.9 Å². The Morgan fingerprint density at radius 3 is 2.43 bits per heavy atom. The highest BCUT2D eigenvalue weighted by Crippen LogP contribution is 2.48. The van der Waals surface area contributed by atoms with Crippen LogP contribution in [0.15, 0.2) is 0 Å². The van der Waals surface area contributed by atoms with E-state index in [4.69, 9.17) is 5.73 Å². The Morgan fingerprint density at radius 1 is 1.13 bits per heavy atom. The van der Waals surface area contributed by atoms with Crippen molar-refractivity contribution < 1.29 is 9.59 Å². The second kappa shape index (κ2) is 7.20. The normalized spacial score (nSPS) is 33.9. The molecular formula is C18H31N3O2. The van der Waals surface area contributed by atoms with Crippen molar-refractivity contribution in [2.75, 3.05) is 19.6 Å². The fourth-order valence-electron chi connectivity index (χ4n) is 4.81. The fraction of sp³-hybridized carbons (Fsp3) is 0.889. The van der Waals surface area contributed by atoms with E-state index < -0.39 is 0 Å². The molecule has 2 amide bonds. The van der Waals surface area contributed by atoms with Crippen LogP contribution < -0.4 is 11.1 Å². The Labute approximate surface area is 139 Å². The molecule has 4 unspecified atom stereocenters. The van der Waals surface area contributed by atoms with Gasteiger partial charge in [-0.2, -0.15) is 0 Å². The van der Waals surface area contributed by atoms with Gasteiger partial charge in [-0.3, -0.25) is 9.59 Å². The number of nitrogens with one attached hydrogen (secondary N) is 1. The summed E-state index contributed by atoms with van der Waals surface area (Å²) < 4.78 is 0. The largest absolute Gasteiger partial charge is 0.356 e. The van der Waals surface area contributed by atoms with Crippen LogP contribution in [0.2, 0.25) is 0 Å². The average molecular weight is 321 g/mol. The molecule has 5 nitrogen and oxygen atoms in total. The summed E-state index contributed by atoms with van der Waals surface area (Å²) in [6.45, 7) is 4.32. The summed E-state index contributed by atoms with van der Waals surface area (Å²) >= 11 is 0. The molecule has 0 radical (unpaired) electrons. The van der Waals surface area contributed by atoms with Crippen molar-refractivity contribution in [3.63, 3.8) is 0 Å². The van der Waals surface area contributed by atoms with Gasteiger partial charge in [0.1, 0.15) is 0 Å². The molecule has 0 aromatic heterocycles. The molecule has 3 rings (SSSR count).